The first-order valence-corrected chi connectivity index (χ1v) is 9.43. The standard InChI is InChI=1S/C19H30N6O/c1-14(2)25-15(3)21-13-18(25)17-5-8-20-19(23-17)22-16-6-9-24(10-7-16)11-12-26-4/h5,8,13-14,16H,6-7,9-12H2,1-4H3,(H,20,22,23). The molecule has 0 spiro atoms. The normalized spacial score (nSPS) is 16.3. The number of methoxy groups -OCH3 is 1. The summed E-state index contributed by atoms with van der Waals surface area (Å²) in [4.78, 5) is 16.1. The molecule has 1 N–H and O–H groups in total. The maximum absolute atomic E-state index is 5.17. The number of ether oxygens (including phenoxy) is 1. The molecule has 0 atom stereocenters. The van der Waals surface area contributed by atoms with Crippen molar-refractivity contribution in [1.82, 2.24) is 24.4 Å². The van der Waals surface area contributed by atoms with Gasteiger partial charge in [-0.25, -0.2) is 15.0 Å². The Morgan fingerprint density at radius 2 is 2.04 bits per heavy atom. The van der Waals surface area contributed by atoms with E-state index in [1.807, 2.05) is 25.4 Å². The highest BCUT2D eigenvalue weighted by molar-refractivity contribution is 5.56. The second kappa shape index (κ2) is 8.60. The molecule has 0 bridgehead atoms. The summed E-state index contributed by atoms with van der Waals surface area (Å²) >= 11 is 0. The third-order valence-corrected chi connectivity index (χ3v) is 4.95. The van der Waals surface area contributed by atoms with Crippen LogP contribution in [0.25, 0.3) is 11.4 Å². The van der Waals surface area contributed by atoms with Crippen LogP contribution in [0, 0.1) is 6.92 Å². The smallest absolute Gasteiger partial charge is 0.223 e. The lowest BCUT2D eigenvalue weighted by atomic mass is 10.1. The molecule has 1 aliphatic rings. The molecule has 0 unspecified atom stereocenters. The number of anilines is 1. The Morgan fingerprint density at radius 1 is 1.27 bits per heavy atom. The van der Waals surface area contributed by atoms with Gasteiger partial charge >= 0.3 is 0 Å². The number of hydrogen-bond acceptors (Lipinski definition) is 6. The second-order valence-electron chi connectivity index (χ2n) is 7.17. The van der Waals surface area contributed by atoms with Crippen molar-refractivity contribution >= 4 is 5.95 Å². The third kappa shape index (κ3) is 4.40. The van der Waals surface area contributed by atoms with Crippen molar-refractivity contribution in [2.45, 2.75) is 45.7 Å². The molecule has 7 heteroatoms. The number of piperidine rings is 1. The van der Waals surface area contributed by atoms with E-state index in [0.717, 1.165) is 56.3 Å². The minimum Gasteiger partial charge on any atom is -0.383 e. The Labute approximate surface area is 155 Å². The van der Waals surface area contributed by atoms with Crippen LogP contribution in [0.15, 0.2) is 18.5 Å². The maximum Gasteiger partial charge on any atom is 0.223 e. The Balaban J connectivity index is 1.66. The van der Waals surface area contributed by atoms with Crippen LogP contribution in [0.5, 0.6) is 0 Å². The number of nitrogens with one attached hydrogen (secondary N) is 1. The number of aryl methyl sites for hydroxylation is 1. The molecular formula is C19H30N6O. The number of nitrogens with zero attached hydrogens (tertiary/aromatic N) is 5. The number of hydrogen-bond donors (Lipinski definition) is 1. The second-order valence-corrected chi connectivity index (χ2v) is 7.17. The molecule has 1 aliphatic heterocycles. The van der Waals surface area contributed by atoms with Crippen molar-refractivity contribution in [2.24, 2.45) is 0 Å². The predicted octanol–water partition coefficient (Wildman–Crippen LogP) is 2.75. The van der Waals surface area contributed by atoms with Gasteiger partial charge in [0.15, 0.2) is 0 Å². The zero-order valence-corrected chi connectivity index (χ0v) is 16.3. The average molecular weight is 358 g/mol. The van der Waals surface area contributed by atoms with Crippen molar-refractivity contribution in [3.05, 3.63) is 24.3 Å². The topological polar surface area (TPSA) is 68.1 Å². The van der Waals surface area contributed by atoms with Crippen molar-refractivity contribution in [3.8, 4) is 11.4 Å². The van der Waals surface area contributed by atoms with Crippen LogP contribution in [0.3, 0.4) is 0 Å². The SMILES string of the molecule is COCCN1CCC(Nc2nccc(-c3cnc(C)n3C(C)C)n2)CC1. The summed E-state index contributed by atoms with van der Waals surface area (Å²) in [5, 5.41) is 3.51. The van der Waals surface area contributed by atoms with Crippen molar-refractivity contribution < 1.29 is 4.74 Å². The van der Waals surface area contributed by atoms with Gasteiger partial charge in [0, 0.05) is 45.0 Å². The lowest BCUT2D eigenvalue weighted by Crippen LogP contribution is -2.40. The fraction of sp³-hybridized carbons (Fsp3) is 0.632. The summed E-state index contributed by atoms with van der Waals surface area (Å²) in [5.41, 5.74) is 1.95. The third-order valence-electron chi connectivity index (χ3n) is 4.95. The fourth-order valence-electron chi connectivity index (χ4n) is 3.57. The van der Waals surface area contributed by atoms with Crippen LogP contribution in [0.1, 0.15) is 38.6 Å². The number of rotatable bonds is 7. The van der Waals surface area contributed by atoms with E-state index >= 15 is 0 Å². The van der Waals surface area contributed by atoms with E-state index in [1.165, 1.54) is 0 Å². The van der Waals surface area contributed by atoms with Crippen molar-refractivity contribution in [2.75, 3.05) is 38.7 Å². The highest BCUT2D eigenvalue weighted by atomic mass is 16.5. The molecule has 0 aliphatic carbocycles. The number of aromatic nitrogens is 4. The highest BCUT2D eigenvalue weighted by Crippen LogP contribution is 2.24. The molecule has 0 saturated carbocycles. The summed E-state index contributed by atoms with van der Waals surface area (Å²) in [6.45, 7) is 10.3. The van der Waals surface area contributed by atoms with Gasteiger partial charge in [-0.2, -0.15) is 0 Å². The molecule has 3 heterocycles. The molecule has 0 aromatic carbocycles. The molecule has 26 heavy (non-hydrogen) atoms. The fourth-order valence-corrected chi connectivity index (χ4v) is 3.57. The Morgan fingerprint density at radius 3 is 2.73 bits per heavy atom. The first-order valence-electron chi connectivity index (χ1n) is 9.43. The van der Waals surface area contributed by atoms with Crippen LogP contribution in [0.2, 0.25) is 0 Å². The van der Waals surface area contributed by atoms with Gasteiger partial charge in [-0.1, -0.05) is 0 Å². The van der Waals surface area contributed by atoms with Crippen molar-refractivity contribution in [1.29, 1.82) is 0 Å². The summed E-state index contributed by atoms with van der Waals surface area (Å²) in [6, 6.07) is 2.71. The van der Waals surface area contributed by atoms with E-state index in [2.05, 4.69) is 38.6 Å². The van der Waals surface area contributed by atoms with Crippen LogP contribution >= 0.6 is 0 Å². The molecule has 2 aromatic heterocycles. The predicted molar refractivity (Wildman–Crippen MR) is 103 cm³/mol. The number of imidazole rings is 1. The van der Waals surface area contributed by atoms with Gasteiger partial charge < -0.3 is 19.5 Å². The molecular weight excluding hydrogens is 328 g/mol. The van der Waals surface area contributed by atoms with Gasteiger partial charge in [-0.3, -0.25) is 0 Å². The molecule has 7 nitrogen and oxygen atoms in total. The Hall–Kier alpha value is -1.99. The van der Waals surface area contributed by atoms with Crippen LogP contribution in [-0.4, -0.2) is 63.8 Å². The van der Waals surface area contributed by atoms with Gasteiger partial charge in [0.25, 0.3) is 0 Å². The minimum atomic E-state index is 0.343. The van der Waals surface area contributed by atoms with Crippen LogP contribution in [0.4, 0.5) is 5.95 Å². The van der Waals surface area contributed by atoms with E-state index in [0.29, 0.717) is 18.0 Å². The zero-order chi connectivity index (χ0) is 18.5. The largest absolute Gasteiger partial charge is 0.383 e. The minimum absolute atomic E-state index is 0.343. The highest BCUT2D eigenvalue weighted by Gasteiger charge is 2.20. The summed E-state index contributed by atoms with van der Waals surface area (Å²) in [6.07, 6.45) is 5.92. The first kappa shape index (κ1) is 18.8. The van der Waals surface area contributed by atoms with E-state index in [1.54, 1.807) is 7.11 Å². The van der Waals surface area contributed by atoms with E-state index in [4.69, 9.17) is 9.72 Å². The monoisotopic (exact) mass is 358 g/mol. The molecule has 142 valence electrons. The Kier molecular flexibility index (Phi) is 6.21. The Bertz CT molecular complexity index is 706. The van der Waals surface area contributed by atoms with E-state index in [9.17, 15) is 0 Å². The van der Waals surface area contributed by atoms with Gasteiger partial charge in [0.05, 0.1) is 24.2 Å². The van der Waals surface area contributed by atoms with Gasteiger partial charge in [0.2, 0.25) is 5.95 Å². The van der Waals surface area contributed by atoms with Gasteiger partial charge in [0.1, 0.15) is 5.82 Å². The summed E-state index contributed by atoms with van der Waals surface area (Å²) < 4.78 is 7.37. The average Bonchev–Trinajstić information content (AvgIpc) is 3.03. The molecule has 3 rings (SSSR count). The summed E-state index contributed by atoms with van der Waals surface area (Å²) in [5.74, 6) is 1.71. The molecule has 2 aromatic rings. The van der Waals surface area contributed by atoms with Crippen LogP contribution in [-0.2, 0) is 4.74 Å². The van der Waals surface area contributed by atoms with Gasteiger partial charge in [-0.15, -0.1) is 0 Å². The first-order chi connectivity index (χ1) is 12.6. The van der Waals surface area contributed by atoms with E-state index < -0.39 is 0 Å². The molecule has 1 saturated heterocycles. The van der Waals surface area contributed by atoms with Crippen LogP contribution < -0.4 is 5.32 Å². The molecule has 1 fully saturated rings. The summed E-state index contributed by atoms with van der Waals surface area (Å²) in [7, 11) is 1.76. The van der Waals surface area contributed by atoms with E-state index in [-0.39, 0.29) is 0 Å². The number of likely N-dealkylation sites (tertiary alicyclic amines) is 1. The quantitative estimate of drug-likeness (QED) is 0.821. The van der Waals surface area contributed by atoms with Gasteiger partial charge in [-0.05, 0) is 39.7 Å². The lowest BCUT2D eigenvalue weighted by Gasteiger charge is -2.32. The maximum atomic E-state index is 5.17. The lowest BCUT2D eigenvalue weighted by molar-refractivity contribution is 0.132. The molecule has 0 radical (unpaired) electrons. The zero-order valence-electron chi connectivity index (χ0n) is 16.3. The van der Waals surface area contributed by atoms with Crippen molar-refractivity contribution in [3.63, 3.8) is 0 Å². The molecule has 0 amide bonds.